The molecule has 130 valence electrons. The number of carbonyl (C=O) groups excluding carboxylic acids is 2. The first-order valence-electron chi connectivity index (χ1n) is 7.91. The lowest BCUT2D eigenvalue weighted by Crippen LogP contribution is -2.43. The number of rotatable bonds is 4. The Morgan fingerprint density at radius 1 is 1.20 bits per heavy atom. The molecule has 25 heavy (non-hydrogen) atoms. The molecule has 0 aromatic heterocycles. The smallest absolute Gasteiger partial charge is 0.237 e. The third kappa shape index (κ3) is 3.74. The molecule has 0 saturated carbocycles. The zero-order chi connectivity index (χ0) is 18.0. The first kappa shape index (κ1) is 17.6. The first-order valence-corrected chi connectivity index (χ1v) is 8.71. The molecule has 0 spiro atoms. The molecular weight excluding hydrogens is 389 g/mol. The summed E-state index contributed by atoms with van der Waals surface area (Å²) in [5.74, 6) is -0.686. The van der Waals surface area contributed by atoms with Gasteiger partial charge >= 0.3 is 0 Å². The molecule has 1 unspecified atom stereocenters. The van der Waals surface area contributed by atoms with Crippen LogP contribution >= 0.6 is 15.9 Å². The number of hydrogen-bond acceptors (Lipinski definition) is 3. The number of hydrogen-bond donors (Lipinski definition) is 0. The van der Waals surface area contributed by atoms with Crippen LogP contribution in [0.25, 0.3) is 0 Å². The highest BCUT2D eigenvalue weighted by Gasteiger charge is 2.35. The minimum atomic E-state index is -0.501. The molecule has 1 aliphatic rings. The number of ether oxygens (including phenoxy) is 1. The van der Waals surface area contributed by atoms with E-state index in [-0.39, 0.29) is 24.8 Å². The Kier molecular flexibility index (Phi) is 5.18. The van der Waals surface area contributed by atoms with Gasteiger partial charge in [0.05, 0.1) is 24.0 Å². The fraction of sp³-hybridized carbons (Fsp3) is 0.263. The van der Waals surface area contributed by atoms with Gasteiger partial charge in [-0.2, -0.15) is 0 Å². The molecule has 1 fully saturated rings. The number of imide groups is 1. The predicted octanol–water partition coefficient (Wildman–Crippen LogP) is 4.03. The van der Waals surface area contributed by atoms with Gasteiger partial charge in [-0.3, -0.25) is 14.5 Å². The minimum absolute atomic E-state index is 0.199. The van der Waals surface area contributed by atoms with Crippen molar-refractivity contribution in [2.75, 3.05) is 7.11 Å². The van der Waals surface area contributed by atoms with E-state index in [1.165, 1.54) is 11.0 Å². The van der Waals surface area contributed by atoms with Crippen LogP contribution in [0.2, 0.25) is 0 Å². The number of nitrogens with zero attached hydrogens (tertiary/aromatic N) is 1. The maximum absolute atomic E-state index is 13.8. The highest BCUT2D eigenvalue weighted by Crippen LogP contribution is 2.31. The van der Waals surface area contributed by atoms with Gasteiger partial charge in [0.25, 0.3) is 0 Å². The van der Waals surface area contributed by atoms with Crippen LogP contribution in [-0.2, 0) is 16.1 Å². The molecule has 1 aliphatic heterocycles. The van der Waals surface area contributed by atoms with Crippen LogP contribution < -0.4 is 4.74 Å². The van der Waals surface area contributed by atoms with E-state index in [1.807, 2.05) is 12.1 Å². The molecule has 0 aliphatic carbocycles. The Bertz CT molecular complexity index is 807. The van der Waals surface area contributed by atoms with Gasteiger partial charge in [-0.05, 0) is 57.7 Å². The van der Waals surface area contributed by atoms with Crippen LogP contribution in [0.4, 0.5) is 4.39 Å². The maximum Gasteiger partial charge on any atom is 0.237 e. The van der Waals surface area contributed by atoms with E-state index in [0.717, 1.165) is 5.56 Å². The molecule has 3 rings (SSSR count). The number of likely N-dealkylation sites (tertiary alicyclic amines) is 1. The van der Waals surface area contributed by atoms with Crippen LogP contribution in [0.3, 0.4) is 0 Å². The zero-order valence-corrected chi connectivity index (χ0v) is 15.3. The van der Waals surface area contributed by atoms with Crippen molar-refractivity contribution in [3.05, 3.63) is 63.9 Å². The van der Waals surface area contributed by atoms with Crippen LogP contribution in [0.5, 0.6) is 5.75 Å². The molecular formula is C19H17BrFNO3. The molecule has 2 amide bonds. The summed E-state index contributed by atoms with van der Waals surface area (Å²) in [5, 5.41) is 0. The maximum atomic E-state index is 13.8. The highest BCUT2D eigenvalue weighted by molar-refractivity contribution is 9.10. The number of halogens is 2. The Balaban J connectivity index is 1.81. The number of methoxy groups -OCH3 is 1. The minimum Gasteiger partial charge on any atom is -0.497 e. The van der Waals surface area contributed by atoms with Crippen LogP contribution in [0.1, 0.15) is 29.9 Å². The molecule has 0 bridgehead atoms. The van der Waals surface area contributed by atoms with Crippen molar-refractivity contribution in [3.8, 4) is 5.75 Å². The van der Waals surface area contributed by atoms with Crippen molar-refractivity contribution in [1.29, 1.82) is 0 Å². The second-order valence-corrected chi connectivity index (χ2v) is 6.79. The van der Waals surface area contributed by atoms with E-state index in [0.29, 0.717) is 22.2 Å². The van der Waals surface area contributed by atoms with Gasteiger partial charge in [-0.25, -0.2) is 4.39 Å². The highest BCUT2D eigenvalue weighted by atomic mass is 79.9. The fourth-order valence-electron chi connectivity index (χ4n) is 2.96. The van der Waals surface area contributed by atoms with E-state index >= 15 is 0 Å². The van der Waals surface area contributed by atoms with E-state index < -0.39 is 11.7 Å². The van der Waals surface area contributed by atoms with Crippen molar-refractivity contribution in [2.45, 2.75) is 25.3 Å². The fourth-order valence-corrected chi connectivity index (χ4v) is 3.20. The third-order valence-electron chi connectivity index (χ3n) is 4.36. The van der Waals surface area contributed by atoms with Crippen molar-refractivity contribution in [1.82, 2.24) is 4.90 Å². The normalized spacial score (nSPS) is 17.7. The summed E-state index contributed by atoms with van der Waals surface area (Å²) in [5.41, 5.74) is 1.43. The molecule has 0 N–H and O–H groups in total. The summed E-state index contributed by atoms with van der Waals surface area (Å²) < 4.78 is 19.3. The molecule has 2 aromatic carbocycles. The molecule has 4 nitrogen and oxygen atoms in total. The zero-order valence-electron chi connectivity index (χ0n) is 13.7. The van der Waals surface area contributed by atoms with Gasteiger partial charge in [0.2, 0.25) is 11.8 Å². The van der Waals surface area contributed by atoms with Crippen LogP contribution in [0.15, 0.2) is 46.9 Å². The van der Waals surface area contributed by atoms with Gasteiger partial charge < -0.3 is 4.74 Å². The molecule has 1 saturated heterocycles. The van der Waals surface area contributed by atoms with E-state index in [1.54, 1.807) is 31.4 Å². The molecule has 6 heteroatoms. The standard InChI is InChI=1S/C19H17BrFNO3/c1-25-14-5-2-12(3-6-14)11-22-18(23)9-7-15(19(22)24)13-4-8-16(20)17(21)10-13/h2-6,8,10,15H,7,9,11H2,1H3. The average Bonchev–Trinajstić information content (AvgIpc) is 2.62. The number of carbonyl (C=O) groups is 2. The predicted molar refractivity (Wildman–Crippen MR) is 94.6 cm³/mol. The number of benzene rings is 2. The number of amides is 2. The van der Waals surface area contributed by atoms with E-state index in [9.17, 15) is 14.0 Å². The summed E-state index contributed by atoms with van der Waals surface area (Å²) in [7, 11) is 1.58. The monoisotopic (exact) mass is 405 g/mol. The lowest BCUT2D eigenvalue weighted by atomic mass is 9.89. The summed E-state index contributed by atoms with van der Waals surface area (Å²) in [6.45, 7) is 0.206. The quantitative estimate of drug-likeness (QED) is 0.721. The van der Waals surface area contributed by atoms with Gasteiger partial charge in [0.15, 0.2) is 0 Å². The van der Waals surface area contributed by atoms with Gasteiger partial charge in [-0.15, -0.1) is 0 Å². The van der Waals surface area contributed by atoms with Gasteiger partial charge in [-0.1, -0.05) is 18.2 Å². The second-order valence-electron chi connectivity index (χ2n) is 5.93. The summed E-state index contributed by atoms with van der Waals surface area (Å²) >= 11 is 3.11. The topological polar surface area (TPSA) is 46.6 Å². The lowest BCUT2D eigenvalue weighted by Gasteiger charge is -2.31. The SMILES string of the molecule is COc1ccc(CN2C(=O)CCC(c3ccc(Br)c(F)c3)C2=O)cc1. The first-order chi connectivity index (χ1) is 12.0. The molecule has 2 aromatic rings. The van der Waals surface area contributed by atoms with Crippen molar-refractivity contribution in [3.63, 3.8) is 0 Å². The molecule has 1 atom stereocenters. The number of piperidine rings is 1. The third-order valence-corrected chi connectivity index (χ3v) is 5.00. The van der Waals surface area contributed by atoms with Crippen molar-refractivity contribution < 1.29 is 18.7 Å². The second kappa shape index (κ2) is 7.35. The van der Waals surface area contributed by atoms with Crippen LogP contribution in [0, 0.1) is 5.82 Å². The van der Waals surface area contributed by atoms with Gasteiger partial charge in [0, 0.05) is 6.42 Å². The summed E-state index contributed by atoms with van der Waals surface area (Å²) in [6, 6.07) is 11.9. The summed E-state index contributed by atoms with van der Waals surface area (Å²) in [6.07, 6.45) is 0.669. The Labute approximate surface area is 153 Å². The molecule has 1 heterocycles. The van der Waals surface area contributed by atoms with Crippen molar-refractivity contribution >= 4 is 27.7 Å². The van der Waals surface area contributed by atoms with Crippen LogP contribution in [-0.4, -0.2) is 23.8 Å². The average molecular weight is 406 g/mol. The Morgan fingerprint density at radius 2 is 1.92 bits per heavy atom. The van der Waals surface area contributed by atoms with Crippen molar-refractivity contribution in [2.24, 2.45) is 0 Å². The van der Waals surface area contributed by atoms with E-state index in [2.05, 4.69) is 15.9 Å². The lowest BCUT2D eigenvalue weighted by molar-refractivity contribution is -0.150. The largest absolute Gasteiger partial charge is 0.497 e. The molecule has 0 radical (unpaired) electrons. The van der Waals surface area contributed by atoms with E-state index in [4.69, 9.17) is 4.74 Å². The van der Waals surface area contributed by atoms with Gasteiger partial charge in [0.1, 0.15) is 11.6 Å². The summed E-state index contributed by atoms with van der Waals surface area (Å²) in [4.78, 5) is 26.3. The Morgan fingerprint density at radius 3 is 2.56 bits per heavy atom. The Hall–Kier alpha value is -2.21.